The number of likely N-dealkylation sites (tertiary alicyclic amines) is 2. The van der Waals surface area contributed by atoms with Crippen molar-refractivity contribution in [2.75, 3.05) is 81.1 Å². The number of Topliss-reactive ketones (excluding diaryl/α,β-unsaturated/α-hetero) is 2. The molecule has 8 aromatic rings. The highest BCUT2D eigenvalue weighted by Crippen LogP contribution is 2.47. The Morgan fingerprint density at radius 2 is 1.12 bits per heavy atom. The molecule has 5 aromatic heterocycles. The van der Waals surface area contributed by atoms with E-state index in [2.05, 4.69) is 219 Å². The highest BCUT2D eigenvalue weighted by atomic mass is 16.5. The second-order valence-corrected chi connectivity index (χ2v) is 30.7. The predicted octanol–water partition coefficient (Wildman–Crippen LogP) is 14.7. The maximum Gasteiger partial charge on any atom is 0.141 e. The maximum atomic E-state index is 11.6. The Kier molecular flexibility index (Phi) is 22.3. The standard InChI is InChI=1S/2C24H29N3O.C17H22N2.C10H17NO.C7H13NO/c1-16-5-6-21-19(11-16)20-13-26(4)15-24(3)12-17(2)28-22(14-27(21)23(20)24)18-7-9-25-10-8-18;1-5-10-24(3)16-26(4)14-20-19-13-17(2)6-7-21(19)27(23(20)24)15-22(28)18-8-11-25-12-9-18;1-5-8-17(3)11-19(4)10-14-13-9-12(2)6-7-15(13)18-16(14)17;1-4-6-10(2)8-11(3)7-5-9(10)12;1-6-5-8(2)4-3-7(6)9/h5-11,17,22H,12-15H2,1-4H3;5-9,11-13,22,28H,1,10,14-16H2,2-4H3;5-7,9,18H,1,8,10-11H2,2-4H3;4H,1,5-8H2,2-3H3;6H,3-5H2,1-2H3. The van der Waals surface area contributed by atoms with Crippen molar-refractivity contribution in [1.82, 2.24) is 48.6 Å². The zero-order chi connectivity index (χ0) is 69.0. The monoisotopic (exact) mass is 1300 g/mol. The molecule has 0 amide bonds. The number of fused-ring (bicyclic) bond motifs is 9. The number of hydrogen-bond acceptors (Lipinski definition) is 11. The summed E-state index contributed by atoms with van der Waals surface area (Å²) < 4.78 is 11.5. The van der Waals surface area contributed by atoms with Gasteiger partial charge in [-0.15, -0.1) is 19.7 Å². The van der Waals surface area contributed by atoms with E-state index in [1.54, 1.807) is 12.4 Å². The van der Waals surface area contributed by atoms with Gasteiger partial charge in [0.1, 0.15) is 17.7 Å². The van der Waals surface area contributed by atoms with E-state index < -0.39 is 6.10 Å². The van der Waals surface area contributed by atoms with Gasteiger partial charge in [0.25, 0.3) is 0 Å². The normalized spacial score (nSPS) is 25.8. The Morgan fingerprint density at radius 3 is 1.75 bits per heavy atom. The smallest absolute Gasteiger partial charge is 0.141 e. The number of H-pyrrole nitrogens is 1. The van der Waals surface area contributed by atoms with Gasteiger partial charge in [-0.3, -0.25) is 19.6 Å². The molecule has 0 spiro atoms. The summed E-state index contributed by atoms with van der Waals surface area (Å²) >= 11 is 0. The van der Waals surface area contributed by atoms with Crippen LogP contribution in [0.15, 0.2) is 142 Å². The molecule has 96 heavy (non-hydrogen) atoms. The molecule has 6 aliphatic heterocycles. The van der Waals surface area contributed by atoms with E-state index in [0.29, 0.717) is 24.5 Å². The zero-order valence-corrected chi connectivity index (χ0v) is 60.4. The van der Waals surface area contributed by atoms with Crippen molar-refractivity contribution in [3.05, 3.63) is 203 Å². The number of rotatable bonds is 10. The molecule has 0 radical (unpaired) electrons. The van der Waals surface area contributed by atoms with Gasteiger partial charge in [0.2, 0.25) is 0 Å². The van der Waals surface area contributed by atoms with Gasteiger partial charge in [0.15, 0.2) is 0 Å². The number of allylic oxidation sites excluding steroid dienone is 3. The fourth-order valence-electron chi connectivity index (χ4n) is 17.2. The van der Waals surface area contributed by atoms with Crippen molar-refractivity contribution in [3.8, 4) is 0 Å². The summed E-state index contributed by atoms with van der Waals surface area (Å²) in [5.41, 5.74) is 18.5. The van der Waals surface area contributed by atoms with E-state index in [9.17, 15) is 14.7 Å². The van der Waals surface area contributed by atoms with Crippen LogP contribution in [0.2, 0.25) is 0 Å². The summed E-state index contributed by atoms with van der Waals surface area (Å²) in [6.07, 6.45) is 18.0. The third-order valence-electron chi connectivity index (χ3n) is 21.3. The molecule has 0 aliphatic carbocycles. The molecular weight excluding hydrogens is 1190 g/mol. The van der Waals surface area contributed by atoms with Crippen LogP contribution in [-0.4, -0.2) is 152 Å². The summed E-state index contributed by atoms with van der Waals surface area (Å²) in [6.45, 7) is 42.7. The number of hydrogen-bond donors (Lipinski definition) is 2. The average Bonchev–Trinajstić information content (AvgIpc) is 1.56. The third kappa shape index (κ3) is 15.6. The summed E-state index contributed by atoms with van der Waals surface area (Å²) in [4.78, 5) is 46.1. The molecular formula is C82H110N10O4. The van der Waals surface area contributed by atoms with Gasteiger partial charge in [-0.05, 0) is 177 Å². The first-order valence-corrected chi connectivity index (χ1v) is 35.0. The number of carbonyl (C=O) groups excluding carboxylic acids is 2. The molecule has 14 nitrogen and oxygen atoms in total. The van der Waals surface area contributed by atoms with Crippen molar-refractivity contribution in [2.24, 2.45) is 11.3 Å². The second kappa shape index (κ2) is 29.9. The van der Waals surface area contributed by atoms with Crippen molar-refractivity contribution < 1.29 is 19.4 Å². The number of aromatic nitrogens is 5. The van der Waals surface area contributed by atoms with Crippen LogP contribution in [0.25, 0.3) is 32.7 Å². The van der Waals surface area contributed by atoms with Crippen LogP contribution in [-0.2, 0) is 63.3 Å². The molecule has 0 saturated carbocycles. The minimum Gasteiger partial charge on any atom is -0.387 e. The number of likely N-dealkylation sites (N-methyl/N-ethyl adjacent to an activating group) is 3. The number of aromatic amines is 1. The van der Waals surface area contributed by atoms with Crippen LogP contribution in [0, 0.1) is 32.1 Å². The van der Waals surface area contributed by atoms with Gasteiger partial charge in [0, 0.05) is 180 Å². The SMILES string of the molecule is C=CCC1(C)CN(C)CCC1=O.C=CCC1(C)CN(C)Cc2c1[nH]c1ccc(C)cc21.C=CCC1(C)CN(C)Cc2c1n(CC(O)c1ccncc1)c1ccc(C)cc21.CC1CN(C)CCC1=O.Cc1ccc2c(c1)c1c3n2CC(c2ccncc2)OC(C)CC3(C)CN(C)C1. The van der Waals surface area contributed by atoms with Crippen LogP contribution in [0.3, 0.4) is 0 Å². The third-order valence-corrected chi connectivity index (χ3v) is 21.3. The Balaban J connectivity index is 0.000000138. The van der Waals surface area contributed by atoms with Crippen LogP contribution < -0.4 is 0 Å². The topological polar surface area (TPSA) is 131 Å². The molecule has 8 atom stereocenters. The van der Waals surface area contributed by atoms with Crippen LogP contribution in [0.1, 0.15) is 154 Å². The summed E-state index contributed by atoms with van der Waals surface area (Å²) in [6, 6.07) is 28.2. The fraction of sp³-hybridized carbons (Fsp3) is 0.488. The number of aliphatic hydroxyl groups excluding tert-OH is 1. The Hall–Kier alpha value is -7.14. The average molecular weight is 1300 g/mol. The van der Waals surface area contributed by atoms with Crippen molar-refractivity contribution in [2.45, 2.75) is 168 Å². The van der Waals surface area contributed by atoms with Crippen LogP contribution in [0.4, 0.5) is 0 Å². The zero-order valence-electron chi connectivity index (χ0n) is 60.4. The molecule has 11 heterocycles. The molecule has 2 saturated heterocycles. The van der Waals surface area contributed by atoms with Gasteiger partial charge < -0.3 is 48.5 Å². The van der Waals surface area contributed by atoms with E-state index in [1.807, 2.05) is 56.6 Å². The van der Waals surface area contributed by atoms with Gasteiger partial charge in [-0.2, -0.15) is 0 Å². The van der Waals surface area contributed by atoms with Gasteiger partial charge in [-0.25, -0.2) is 0 Å². The molecule has 2 fully saturated rings. The lowest BCUT2D eigenvalue weighted by molar-refractivity contribution is -0.132. The number of nitrogens with one attached hydrogen (secondary N) is 1. The van der Waals surface area contributed by atoms with Crippen LogP contribution >= 0.6 is 0 Å². The molecule has 14 rings (SSSR count). The van der Waals surface area contributed by atoms with E-state index >= 15 is 0 Å². The number of ether oxygens (including phenoxy) is 1. The number of pyridine rings is 2. The van der Waals surface area contributed by atoms with Gasteiger partial charge >= 0.3 is 0 Å². The molecule has 6 aliphatic rings. The number of piperidine rings is 2. The highest BCUT2D eigenvalue weighted by Gasteiger charge is 2.44. The second-order valence-electron chi connectivity index (χ2n) is 30.7. The Labute approximate surface area is 573 Å². The summed E-state index contributed by atoms with van der Waals surface area (Å²) in [7, 11) is 10.8. The van der Waals surface area contributed by atoms with E-state index in [-0.39, 0.29) is 39.8 Å². The van der Waals surface area contributed by atoms with Crippen LogP contribution in [0.5, 0.6) is 0 Å². The number of nitrogens with zero attached hydrogens (tertiary/aromatic N) is 9. The maximum absolute atomic E-state index is 11.6. The molecule has 14 heteroatoms. The van der Waals surface area contributed by atoms with E-state index in [0.717, 1.165) is 110 Å². The molecule has 0 bridgehead atoms. The lowest BCUT2D eigenvalue weighted by Crippen LogP contribution is -2.46. The lowest BCUT2D eigenvalue weighted by atomic mass is 9.76. The largest absolute Gasteiger partial charge is 0.387 e. The fourth-order valence-corrected chi connectivity index (χ4v) is 17.2. The van der Waals surface area contributed by atoms with E-state index in [1.165, 1.54) is 88.7 Å². The first-order valence-electron chi connectivity index (χ1n) is 35.0. The molecule has 3 aromatic carbocycles. The molecule has 8 unspecified atom stereocenters. The Morgan fingerprint density at radius 1 is 0.604 bits per heavy atom. The molecule has 2 N–H and O–H groups in total. The Bertz CT molecular complexity index is 4070. The quantitative estimate of drug-likeness (QED) is 0.127. The number of benzene rings is 3. The highest BCUT2D eigenvalue weighted by molar-refractivity contribution is 5.89. The number of aliphatic hydroxyl groups is 1. The van der Waals surface area contributed by atoms with Gasteiger partial charge in [-0.1, -0.05) is 87.7 Å². The molecule has 512 valence electrons. The number of ketones is 2. The van der Waals surface area contributed by atoms with Crippen molar-refractivity contribution >= 4 is 44.3 Å². The first-order chi connectivity index (χ1) is 45.7. The van der Waals surface area contributed by atoms with Gasteiger partial charge in [0.05, 0.1) is 25.3 Å². The summed E-state index contributed by atoms with van der Waals surface area (Å²) in [5.74, 6) is 1.08. The first kappa shape index (κ1) is 71.6. The minimum absolute atomic E-state index is 0.0328. The van der Waals surface area contributed by atoms with E-state index in [4.69, 9.17) is 4.74 Å². The summed E-state index contributed by atoms with van der Waals surface area (Å²) in [5, 5.41) is 15.1. The predicted molar refractivity (Wildman–Crippen MR) is 395 cm³/mol. The van der Waals surface area contributed by atoms with Crippen molar-refractivity contribution in [3.63, 3.8) is 0 Å². The lowest BCUT2D eigenvalue weighted by Gasteiger charge is -2.44. The van der Waals surface area contributed by atoms with Crippen molar-refractivity contribution in [1.29, 1.82) is 0 Å². The number of carbonyl (C=O) groups is 2. The number of aryl methyl sites for hydroxylation is 3. The minimum atomic E-state index is -0.573.